The van der Waals surface area contributed by atoms with Crippen molar-refractivity contribution in [1.82, 2.24) is 10.2 Å². The first-order chi connectivity index (χ1) is 43.0. The second-order valence-corrected chi connectivity index (χ2v) is 23.3. The SMILES string of the molecule is CN1C(=O)[C@@H](c2cc(Cl)c(O)c(Cl)c2)N=C(O)[C@H]2N=C(O)[C@@H](c3cc(Cl)c(O)c(Cl)c3)N=C(O)[C@H](NC(=O)C(=O)c3cc(Cl)c(O)c(Cl)c3)CC3(O)C(O)=Nc4cc(ccc43)-c3cc2cc(c3O)Oc2ccc(cc2)C[C@H]1C(O)=N[C@H](C(=O)O)c1ccc(O)cc1. The molecule has 7 atom stereocenters. The molecule has 0 saturated heterocycles. The number of nitrogens with zero attached hydrogens (tertiary/aromatic N) is 6. The van der Waals surface area contributed by atoms with E-state index in [0.29, 0.717) is 5.56 Å². The number of hydrogen-bond acceptors (Lipinski definition) is 16. The summed E-state index contributed by atoms with van der Waals surface area (Å²) in [5.41, 5.74) is -4.07. The molecule has 5 heterocycles. The van der Waals surface area contributed by atoms with Crippen LogP contribution in [0.15, 0.2) is 140 Å². The fourth-order valence-electron chi connectivity index (χ4n) is 10.2. The van der Waals surface area contributed by atoms with Gasteiger partial charge in [0.25, 0.3) is 11.8 Å². The second-order valence-electron chi connectivity index (χ2n) is 20.9. The molecule has 91 heavy (non-hydrogen) atoms. The van der Waals surface area contributed by atoms with Crippen LogP contribution < -0.4 is 10.1 Å². The number of phenolic OH excluding ortho intramolecular Hbond substituents is 5. The molecule has 30 heteroatoms. The molecule has 0 radical (unpaired) electrons. The van der Waals surface area contributed by atoms with Crippen LogP contribution >= 0.6 is 69.6 Å². The van der Waals surface area contributed by atoms with E-state index in [1.165, 1.54) is 79.8 Å². The van der Waals surface area contributed by atoms with Gasteiger partial charge in [0.15, 0.2) is 58.5 Å². The van der Waals surface area contributed by atoms with Crippen LogP contribution in [-0.4, -0.2) is 138 Å². The Hall–Kier alpha value is -9.53. The van der Waals surface area contributed by atoms with Crippen LogP contribution in [0.5, 0.6) is 40.2 Å². The van der Waals surface area contributed by atoms with E-state index in [0.717, 1.165) is 47.4 Å². The normalized spacial score (nSPS) is 20.5. The lowest BCUT2D eigenvalue weighted by Gasteiger charge is -2.30. The molecular weight excluding hydrogens is 1320 g/mol. The first-order valence-electron chi connectivity index (χ1n) is 26.5. The number of ether oxygens (including phenoxy) is 1. The molecule has 5 aliphatic heterocycles. The van der Waals surface area contributed by atoms with E-state index in [1.807, 2.05) is 0 Å². The molecule has 0 spiro atoms. The molecule has 468 valence electrons. The lowest BCUT2D eigenvalue weighted by atomic mass is 9.86. The maximum absolute atomic E-state index is 15.5. The van der Waals surface area contributed by atoms with Crippen molar-refractivity contribution < 1.29 is 85.2 Å². The number of aromatic hydroxyl groups is 5. The highest BCUT2D eigenvalue weighted by Crippen LogP contribution is 2.49. The van der Waals surface area contributed by atoms with Crippen molar-refractivity contribution >= 4 is 128 Å². The summed E-state index contributed by atoms with van der Waals surface area (Å²) in [6.07, 6.45) is -1.35. The molecule has 0 aromatic heterocycles. The fourth-order valence-corrected chi connectivity index (χ4v) is 11.7. The molecule has 2 amide bonds. The zero-order valence-electron chi connectivity index (χ0n) is 46.2. The molecule has 7 aromatic carbocycles. The minimum atomic E-state index is -2.66. The summed E-state index contributed by atoms with van der Waals surface area (Å²) < 4.78 is 6.34. The maximum atomic E-state index is 15.5. The summed E-state index contributed by atoms with van der Waals surface area (Å²) in [6, 6.07) is 11.1. The zero-order chi connectivity index (χ0) is 65.8. The largest absolute Gasteiger partial charge is 0.508 e. The highest BCUT2D eigenvalue weighted by Gasteiger charge is 2.47. The number of carbonyl (C=O) groups is 4. The number of halogens is 6. The van der Waals surface area contributed by atoms with Gasteiger partial charge in [-0.25, -0.2) is 29.8 Å². The molecule has 1 unspecified atom stereocenters. The summed E-state index contributed by atoms with van der Waals surface area (Å²) >= 11 is 38.0. The number of carboxylic acid groups (broad SMARTS) is 1. The first kappa shape index (κ1) is 64.5. The van der Waals surface area contributed by atoms with Gasteiger partial charge < -0.3 is 76.2 Å². The number of fused-ring (bicyclic) bond motifs is 12. The monoisotopic (exact) mass is 1360 g/mol. The van der Waals surface area contributed by atoms with Gasteiger partial charge in [-0.3, -0.25) is 14.4 Å². The van der Waals surface area contributed by atoms with E-state index in [-0.39, 0.29) is 68.3 Å². The number of ketones is 1. The van der Waals surface area contributed by atoms with Crippen LogP contribution in [0.4, 0.5) is 5.69 Å². The quantitative estimate of drug-likeness (QED) is 0.0276. The fraction of sp³-hybridized carbons (Fsp3) is 0.164. The topological polar surface area (TPSA) is 397 Å². The van der Waals surface area contributed by atoms with Gasteiger partial charge in [0.1, 0.15) is 23.6 Å². The minimum absolute atomic E-state index is 0.00662. The number of benzene rings is 7. The Balaban J connectivity index is 1.23. The minimum Gasteiger partial charge on any atom is -0.508 e. The summed E-state index contributed by atoms with van der Waals surface area (Å²) in [6.45, 7) is 0. The van der Waals surface area contributed by atoms with E-state index in [2.05, 4.69) is 30.3 Å². The Bertz CT molecular complexity index is 4290. The highest BCUT2D eigenvalue weighted by atomic mass is 35.5. The van der Waals surface area contributed by atoms with Gasteiger partial charge in [0.05, 0.1) is 35.8 Å². The van der Waals surface area contributed by atoms with Crippen molar-refractivity contribution in [2.45, 2.75) is 54.7 Å². The number of nitrogens with one attached hydrogen (secondary N) is 1. The molecule has 7 aromatic rings. The lowest BCUT2D eigenvalue weighted by Crippen LogP contribution is -2.49. The molecular formula is C61H45Cl6N7O17. The zero-order valence-corrected chi connectivity index (χ0v) is 50.7. The van der Waals surface area contributed by atoms with E-state index in [1.54, 1.807) is 0 Å². The van der Waals surface area contributed by atoms with Gasteiger partial charge in [-0.1, -0.05) is 106 Å². The van der Waals surface area contributed by atoms with Crippen molar-refractivity contribution in [1.29, 1.82) is 0 Å². The average molecular weight is 1360 g/mol. The number of Topliss-reactive ketones (excluding diaryl/α,β-unsaturated/α-hetero) is 1. The predicted molar refractivity (Wildman–Crippen MR) is 336 cm³/mol. The summed E-state index contributed by atoms with van der Waals surface area (Å²) in [4.78, 5) is 78.7. The lowest BCUT2D eigenvalue weighted by molar-refractivity contribution is -0.138. The molecule has 0 aliphatic carbocycles. The van der Waals surface area contributed by atoms with Gasteiger partial charge >= 0.3 is 5.97 Å². The third kappa shape index (κ3) is 12.8. The van der Waals surface area contributed by atoms with Crippen LogP contribution in [0.3, 0.4) is 0 Å². The van der Waals surface area contributed by atoms with E-state index in [9.17, 15) is 75.7 Å². The van der Waals surface area contributed by atoms with E-state index < -0.39 is 160 Å². The number of aliphatic carboxylic acids is 1. The number of hydrogen-bond donors (Lipinski definition) is 13. The standard InChI is InChI=1S/C61H45Cl6N7O17/c1-74-42(54(82)73-47(59(87)88)24-4-7-30(75)8-5-24)12-23-2-9-31(10-3-23)91-43-21-26-13-32(49(43)77)25-6-11-33-40(20-25)69-60(89)61(33,90)22-41(68-57(85)48(76)29-18-38(66)52(80)39(67)19-29)53(81)70-45(27-14-34(62)50(78)35(63)15-27)55(83)71-44(26)56(84)72-46(58(74)86)28-16-36(64)51(79)37(65)17-28/h2-11,13-21,41-42,44-47,75,77-80,90H,12,22H2,1H3,(H,68,85)(H,69,89)(H,70,81)(H,71,83)(H,72,84)(H,73,82)(H,87,88)/t41-,42+,44+,45-,46-,47+,61?/m1/s1. The third-order valence-corrected chi connectivity index (χ3v) is 16.7. The molecule has 0 fully saturated rings. The Labute approximate surface area is 543 Å². The van der Waals surface area contributed by atoms with Gasteiger partial charge in [-0.2, -0.15) is 0 Å². The van der Waals surface area contributed by atoms with Crippen molar-refractivity contribution in [3.05, 3.63) is 184 Å². The van der Waals surface area contributed by atoms with Crippen molar-refractivity contribution in [3.63, 3.8) is 0 Å². The molecule has 24 nitrogen and oxygen atoms in total. The first-order valence-corrected chi connectivity index (χ1v) is 28.8. The second kappa shape index (κ2) is 25.4. The number of amides is 2. The smallest absolute Gasteiger partial charge is 0.333 e. The number of aliphatic hydroxyl groups excluding tert-OH is 5. The summed E-state index contributed by atoms with van der Waals surface area (Å²) in [5.74, 6) is -14.4. The number of aliphatic hydroxyl groups is 6. The third-order valence-electron chi connectivity index (χ3n) is 15.0. The van der Waals surface area contributed by atoms with Gasteiger partial charge in [0, 0.05) is 36.6 Å². The number of carboxylic acids is 1. The van der Waals surface area contributed by atoms with Crippen LogP contribution in [0.25, 0.3) is 11.1 Å². The summed E-state index contributed by atoms with van der Waals surface area (Å²) in [7, 11) is 1.18. The number of rotatable bonds is 9. The van der Waals surface area contributed by atoms with E-state index >= 15 is 4.79 Å². The van der Waals surface area contributed by atoms with Gasteiger partial charge in [-0.05, 0) is 112 Å². The molecule has 12 rings (SSSR count). The maximum Gasteiger partial charge on any atom is 0.333 e. The highest BCUT2D eigenvalue weighted by molar-refractivity contribution is 6.45. The molecule has 13 N–H and O–H groups in total. The molecule has 9 bridgehead atoms. The predicted octanol–water partition coefficient (Wildman–Crippen LogP) is 11.7. The van der Waals surface area contributed by atoms with Crippen LogP contribution in [-0.2, 0) is 26.4 Å². The Morgan fingerprint density at radius 3 is 1.71 bits per heavy atom. The number of likely N-dealkylation sites (N-methyl/N-ethyl adjacent to an activating group) is 1. The molecule has 0 saturated carbocycles. The van der Waals surface area contributed by atoms with Crippen molar-refractivity contribution in [3.8, 4) is 51.4 Å². The molecule has 5 aliphatic rings. The number of aliphatic imine (C=N–C) groups is 5. The van der Waals surface area contributed by atoms with Crippen molar-refractivity contribution in [2.24, 2.45) is 25.0 Å². The number of carbonyl (C=O) groups excluding carboxylic acids is 3. The van der Waals surface area contributed by atoms with Gasteiger partial charge in [-0.15, -0.1) is 0 Å². The van der Waals surface area contributed by atoms with Crippen LogP contribution in [0, 0.1) is 0 Å². The van der Waals surface area contributed by atoms with Crippen LogP contribution in [0.2, 0.25) is 30.1 Å². The number of phenols is 5. The van der Waals surface area contributed by atoms with Crippen LogP contribution in [0.1, 0.15) is 74.3 Å². The van der Waals surface area contributed by atoms with Gasteiger partial charge in [0.2, 0.25) is 35.3 Å². The summed E-state index contributed by atoms with van der Waals surface area (Å²) in [5, 5.41) is 138. The average Bonchev–Trinajstić information content (AvgIpc) is 1.63. The Morgan fingerprint density at radius 1 is 0.637 bits per heavy atom. The Morgan fingerprint density at radius 2 is 1.15 bits per heavy atom. The Kier molecular flexibility index (Phi) is 18.0. The van der Waals surface area contributed by atoms with E-state index in [4.69, 9.17) is 74.3 Å². The van der Waals surface area contributed by atoms with Crippen molar-refractivity contribution in [2.75, 3.05) is 7.05 Å².